The second-order valence-corrected chi connectivity index (χ2v) is 8.64. The molecule has 0 heterocycles. The molecule has 30 heavy (non-hydrogen) atoms. The van der Waals surface area contributed by atoms with Gasteiger partial charge in [0.2, 0.25) is 0 Å². The molecule has 9 nitrogen and oxygen atoms in total. The zero-order chi connectivity index (χ0) is 22.2. The molecule has 1 aliphatic rings. The van der Waals surface area contributed by atoms with Crippen molar-refractivity contribution in [3.05, 3.63) is 0 Å². The van der Waals surface area contributed by atoms with E-state index in [1.165, 1.54) is 0 Å². The van der Waals surface area contributed by atoms with Gasteiger partial charge in [0.1, 0.15) is 6.10 Å². The first-order valence-electron chi connectivity index (χ1n) is 10.2. The van der Waals surface area contributed by atoms with Crippen LogP contribution in [0.5, 0.6) is 0 Å². The number of aliphatic carboxylic acids is 2. The van der Waals surface area contributed by atoms with Gasteiger partial charge in [0, 0.05) is 6.04 Å². The van der Waals surface area contributed by atoms with Gasteiger partial charge in [-0.05, 0) is 24.7 Å². The van der Waals surface area contributed by atoms with Gasteiger partial charge in [-0.2, -0.15) is 0 Å². The summed E-state index contributed by atoms with van der Waals surface area (Å²) in [5.74, 6) is -4.07. The molecule has 0 aromatic rings. The fourth-order valence-corrected chi connectivity index (χ4v) is 3.95. The average Bonchev–Trinajstić information content (AvgIpc) is 2.57. The fourth-order valence-electron chi connectivity index (χ4n) is 3.95. The smallest absolute Gasteiger partial charge is 1.00 e. The Morgan fingerprint density at radius 1 is 1.10 bits per heavy atom. The number of rotatable bonds is 12. The van der Waals surface area contributed by atoms with Crippen LogP contribution in [0.1, 0.15) is 73.1 Å². The van der Waals surface area contributed by atoms with E-state index in [-0.39, 0.29) is 65.1 Å². The molecule has 0 amide bonds. The fraction of sp³-hybridized carbons (Fsp3) is 0.850. The molecule has 0 bridgehead atoms. The Morgan fingerprint density at radius 3 is 2.03 bits per heavy atom. The summed E-state index contributed by atoms with van der Waals surface area (Å²) in [4.78, 5) is 34.6. The standard InChI is InChI=1S/C20H35NO8.K.H/c1-12(2)8-15(22)18(14(21)9-13-6-4-3-5-7-13)29-19(27)20(28,10-16(23)24)11-17(25)26;;/h12-15,18,22,28H,3-11,21H2,1-2H3,(H,23,24)(H,25,26);;/q;+1;-1/t14-,15-,18+;;/m0../s1. The molecule has 0 aromatic heterocycles. The van der Waals surface area contributed by atoms with Crippen molar-refractivity contribution in [3.8, 4) is 0 Å². The van der Waals surface area contributed by atoms with Crippen LogP contribution in [-0.2, 0) is 19.1 Å². The third-order valence-corrected chi connectivity index (χ3v) is 5.35. The summed E-state index contributed by atoms with van der Waals surface area (Å²) in [6.07, 6.45) is 1.62. The molecule has 0 spiro atoms. The first kappa shape index (κ1) is 29.9. The van der Waals surface area contributed by atoms with E-state index in [9.17, 15) is 24.6 Å². The summed E-state index contributed by atoms with van der Waals surface area (Å²) in [6.45, 7) is 3.75. The summed E-state index contributed by atoms with van der Waals surface area (Å²) in [5.41, 5.74) is 3.53. The number of ether oxygens (including phenoxy) is 1. The van der Waals surface area contributed by atoms with Gasteiger partial charge in [-0.15, -0.1) is 0 Å². The predicted molar refractivity (Wildman–Crippen MR) is 105 cm³/mol. The van der Waals surface area contributed by atoms with Crippen molar-refractivity contribution >= 4 is 17.9 Å². The quantitative estimate of drug-likeness (QED) is 0.171. The van der Waals surface area contributed by atoms with Gasteiger partial charge >= 0.3 is 69.3 Å². The number of carboxylic acids is 2. The number of carboxylic acid groups (broad SMARTS) is 2. The van der Waals surface area contributed by atoms with Crippen molar-refractivity contribution in [2.45, 2.75) is 95.5 Å². The van der Waals surface area contributed by atoms with Crippen LogP contribution in [-0.4, -0.2) is 62.2 Å². The molecule has 1 aliphatic carbocycles. The first-order chi connectivity index (χ1) is 13.4. The Labute approximate surface area is 221 Å². The minimum Gasteiger partial charge on any atom is -1.00 e. The van der Waals surface area contributed by atoms with E-state index in [0.717, 1.165) is 32.1 Å². The van der Waals surface area contributed by atoms with Crippen molar-refractivity contribution in [2.75, 3.05) is 0 Å². The molecule has 6 N–H and O–H groups in total. The Kier molecular flexibility index (Phi) is 14.1. The Bertz CT molecular complexity index is 555. The topological polar surface area (TPSA) is 167 Å². The SMILES string of the molecule is CC(C)C[C@H](O)[C@H](OC(=O)C(O)(CC(=O)O)CC(=O)O)[C@@H](N)CC1CCCCC1.[H-].[K+]. The van der Waals surface area contributed by atoms with Crippen LogP contribution < -0.4 is 57.1 Å². The minimum absolute atomic E-state index is 0. The van der Waals surface area contributed by atoms with Crippen molar-refractivity contribution in [1.82, 2.24) is 0 Å². The molecule has 170 valence electrons. The third kappa shape index (κ3) is 10.5. The summed E-state index contributed by atoms with van der Waals surface area (Å²) < 4.78 is 5.29. The number of aliphatic hydroxyl groups is 2. The molecular weight excluding hydrogens is 421 g/mol. The van der Waals surface area contributed by atoms with E-state index in [4.69, 9.17) is 20.7 Å². The number of aliphatic hydroxyl groups excluding tert-OH is 1. The Balaban J connectivity index is 0. The molecule has 1 saturated carbocycles. The van der Waals surface area contributed by atoms with Crippen molar-refractivity contribution in [1.29, 1.82) is 0 Å². The Hall–Kier alpha value is -0.0736. The number of carbonyl (C=O) groups is 3. The average molecular weight is 458 g/mol. The molecule has 0 aromatic carbocycles. The second-order valence-electron chi connectivity index (χ2n) is 8.64. The van der Waals surface area contributed by atoms with Crippen LogP contribution in [0.25, 0.3) is 0 Å². The predicted octanol–water partition coefficient (Wildman–Crippen LogP) is -1.60. The largest absolute Gasteiger partial charge is 1.00 e. The van der Waals surface area contributed by atoms with Crippen LogP contribution in [0.3, 0.4) is 0 Å². The molecule has 10 heteroatoms. The van der Waals surface area contributed by atoms with E-state index in [1.807, 2.05) is 13.8 Å². The van der Waals surface area contributed by atoms with Crippen LogP contribution in [0, 0.1) is 11.8 Å². The van der Waals surface area contributed by atoms with Crippen molar-refractivity contribution < 1.29 is 92.4 Å². The maximum absolute atomic E-state index is 12.6. The van der Waals surface area contributed by atoms with Gasteiger partial charge in [0.05, 0.1) is 18.9 Å². The summed E-state index contributed by atoms with van der Waals surface area (Å²) in [7, 11) is 0. The molecule has 0 unspecified atom stereocenters. The molecule has 0 aliphatic heterocycles. The van der Waals surface area contributed by atoms with Gasteiger partial charge in [-0.3, -0.25) is 9.59 Å². The van der Waals surface area contributed by atoms with E-state index in [1.54, 1.807) is 0 Å². The third-order valence-electron chi connectivity index (χ3n) is 5.35. The van der Waals surface area contributed by atoms with Gasteiger partial charge < -0.3 is 32.3 Å². The van der Waals surface area contributed by atoms with Gasteiger partial charge in [-0.25, -0.2) is 4.79 Å². The number of nitrogens with two attached hydrogens (primary N) is 1. The first-order valence-corrected chi connectivity index (χ1v) is 10.2. The molecule has 0 radical (unpaired) electrons. The molecule has 1 fully saturated rings. The summed E-state index contributed by atoms with van der Waals surface area (Å²) in [5, 5.41) is 38.9. The molecule has 3 atom stereocenters. The van der Waals surface area contributed by atoms with Crippen LogP contribution in [0.2, 0.25) is 0 Å². The van der Waals surface area contributed by atoms with Gasteiger partial charge in [0.25, 0.3) is 0 Å². The van der Waals surface area contributed by atoms with Gasteiger partial charge in [0.15, 0.2) is 5.60 Å². The monoisotopic (exact) mass is 457 g/mol. The molecule has 0 saturated heterocycles. The maximum Gasteiger partial charge on any atom is 1.00 e. The van der Waals surface area contributed by atoms with E-state index in [2.05, 4.69) is 0 Å². The van der Waals surface area contributed by atoms with Crippen molar-refractivity contribution in [3.63, 3.8) is 0 Å². The normalized spacial score (nSPS) is 18.2. The zero-order valence-electron chi connectivity index (χ0n) is 19.2. The minimum atomic E-state index is -2.74. The van der Waals surface area contributed by atoms with E-state index < -0.39 is 54.6 Å². The molecular formula is C20H36KNO8. The number of carbonyl (C=O) groups excluding carboxylic acids is 1. The van der Waals surface area contributed by atoms with Crippen LogP contribution >= 0.6 is 0 Å². The van der Waals surface area contributed by atoms with E-state index in [0.29, 0.717) is 12.3 Å². The Morgan fingerprint density at radius 2 is 1.60 bits per heavy atom. The van der Waals surface area contributed by atoms with Crippen LogP contribution in [0.4, 0.5) is 0 Å². The zero-order valence-corrected chi connectivity index (χ0v) is 21.4. The second kappa shape index (κ2) is 14.2. The van der Waals surface area contributed by atoms with Crippen molar-refractivity contribution in [2.24, 2.45) is 17.6 Å². The number of hydrogen-bond acceptors (Lipinski definition) is 7. The summed E-state index contributed by atoms with van der Waals surface area (Å²) >= 11 is 0. The summed E-state index contributed by atoms with van der Waals surface area (Å²) in [6, 6.07) is -0.713. The molecule has 1 rings (SSSR count). The number of esters is 1. The number of hydrogen-bond donors (Lipinski definition) is 5. The van der Waals surface area contributed by atoms with Crippen LogP contribution in [0.15, 0.2) is 0 Å². The maximum atomic E-state index is 12.6. The van der Waals surface area contributed by atoms with E-state index >= 15 is 0 Å². The van der Waals surface area contributed by atoms with Gasteiger partial charge in [-0.1, -0.05) is 46.0 Å².